The molecule has 7 nitrogen and oxygen atoms in total. The minimum absolute atomic E-state index is 0.0921. The molecule has 1 amide bonds. The molecule has 1 aliphatic rings. The molecule has 0 radical (unpaired) electrons. The lowest BCUT2D eigenvalue weighted by molar-refractivity contribution is -0.385. The van der Waals surface area contributed by atoms with Gasteiger partial charge in [0.15, 0.2) is 6.61 Å². The Morgan fingerprint density at radius 1 is 1.32 bits per heavy atom. The van der Waals surface area contributed by atoms with Gasteiger partial charge in [0.1, 0.15) is 0 Å². The van der Waals surface area contributed by atoms with E-state index in [1.54, 1.807) is 0 Å². The van der Waals surface area contributed by atoms with Gasteiger partial charge in [-0.05, 0) is 31.2 Å². The van der Waals surface area contributed by atoms with Gasteiger partial charge in [-0.3, -0.25) is 14.9 Å². The van der Waals surface area contributed by atoms with Crippen LogP contribution in [0.25, 0.3) is 0 Å². The summed E-state index contributed by atoms with van der Waals surface area (Å²) in [5, 5.41) is 13.9. The molecule has 7 heteroatoms. The summed E-state index contributed by atoms with van der Waals surface area (Å²) in [5.74, 6) is -0.148. The largest absolute Gasteiger partial charge is 0.452 e. The van der Waals surface area contributed by atoms with Crippen molar-refractivity contribution in [2.24, 2.45) is 11.8 Å². The molecule has 0 saturated heterocycles. The Bertz CT molecular complexity index is 673. The highest BCUT2D eigenvalue weighted by atomic mass is 16.6. The van der Waals surface area contributed by atoms with Crippen LogP contribution in [0.4, 0.5) is 5.69 Å². The molecule has 2 rings (SSSR count). The standard InChI is InChI=1S/C18H24N2O5/c1-11-6-4-8-15(12(11)2)19-17(21)10-25-18(22)14-7-5-9-16(13(14)3)20(23)24/h5,7,9,11-12,15H,4,6,8,10H2,1-3H3,(H,19,21)/t11-,12+,15-/m1/s1. The zero-order chi connectivity index (χ0) is 18.6. The number of nitrogens with zero attached hydrogens (tertiary/aromatic N) is 1. The molecule has 3 atom stereocenters. The van der Waals surface area contributed by atoms with Crippen LogP contribution in [0, 0.1) is 28.9 Å². The van der Waals surface area contributed by atoms with E-state index < -0.39 is 17.5 Å². The monoisotopic (exact) mass is 348 g/mol. The smallest absolute Gasteiger partial charge is 0.339 e. The highest BCUT2D eigenvalue weighted by molar-refractivity contribution is 5.93. The van der Waals surface area contributed by atoms with Crippen molar-refractivity contribution < 1.29 is 19.2 Å². The van der Waals surface area contributed by atoms with Crippen molar-refractivity contribution in [1.29, 1.82) is 0 Å². The average Bonchev–Trinajstić information content (AvgIpc) is 2.57. The molecule has 0 spiro atoms. The van der Waals surface area contributed by atoms with Crippen molar-refractivity contribution in [2.75, 3.05) is 6.61 Å². The molecular formula is C18H24N2O5. The third-order valence-electron chi connectivity index (χ3n) is 5.11. The predicted octanol–water partition coefficient (Wildman–Crippen LogP) is 3.00. The van der Waals surface area contributed by atoms with Crippen LogP contribution < -0.4 is 5.32 Å². The Hall–Kier alpha value is -2.44. The molecule has 0 bridgehead atoms. The fourth-order valence-electron chi connectivity index (χ4n) is 3.29. The van der Waals surface area contributed by atoms with E-state index in [0.29, 0.717) is 11.8 Å². The van der Waals surface area contributed by atoms with Crippen molar-refractivity contribution in [3.63, 3.8) is 0 Å². The number of nitro benzene ring substituents is 1. The fraction of sp³-hybridized carbons (Fsp3) is 0.556. The fourth-order valence-corrected chi connectivity index (χ4v) is 3.29. The first-order valence-electron chi connectivity index (χ1n) is 8.51. The van der Waals surface area contributed by atoms with Gasteiger partial charge in [-0.15, -0.1) is 0 Å². The van der Waals surface area contributed by atoms with Crippen LogP contribution in [0.1, 0.15) is 49.0 Å². The van der Waals surface area contributed by atoms with E-state index >= 15 is 0 Å². The molecule has 1 aromatic carbocycles. The van der Waals surface area contributed by atoms with Gasteiger partial charge < -0.3 is 10.1 Å². The summed E-state index contributed by atoms with van der Waals surface area (Å²) in [6, 6.07) is 4.29. The van der Waals surface area contributed by atoms with E-state index in [2.05, 4.69) is 19.2 Å². The molecule has 1 aliphatic carbocycles. The average molecular weight is 348 g/mol. The quantitative estimate of drug-likeness (QED) is 0.501. The van der Waals surface area contributed by atoms with E-state index in [9.17, 15) is 19.7 Å². The summed E-state index contributed by atoms with van der Waals surface area (Å²) in [4.78, 5) is 34.6. The number of hydrogen-bond donors (Lipinski definition) is 1. The lowest BCUT2D eigenvalue weighted by Crippen LogP contribution is -2.45. The van der Waals surface area contributed by atoms with E-state index in [4.69, 9.17) is 4.74 Å². The molecule has 0 aliphatic heterocycles. The Labute approximate surface area is 146 Å². The van der Waals surface area contributed by atoms with Gasteiger partial charge >= 0.3 is 5.97 Å². The second kappa shape index (κ2) is 8.09. The van der Waals surface area contributed by atoms with Gasteiger partial charge in [-0.25, -0.2) is 4.79 Å². The van der Waals surface area contributed by atoms with Crippen molar-refractivity contribution >= 4 is 17.6 Å². The first-order chi connectivity index (χ1) is 11.8. The molecule has 1 saturated carbocycles. The maximum atomic E-state index is 12.1. The van der Waals surface area contributed by atoms with Gasteiger partial charge in [0.2, 0.25) is 0 Å². The molecule has 0 aromatic heterocycles. The Morgan fingerprint density at radius 2 is 2.04 bits per heavy atom. The van der Waals surface area contributed by atoms with Gasteiger partial charge in [-0.1, -0.05) is 32.8 Å². The number of nitro groups is 1. The zero-order valence-corrected chi connectivity index (χ0v) is 14.8. The summed E-state index contributed by atoms with van der Waals surface area (Å²) in [5.41, 5.74) is 0.179. The SMILES string of the molecule is Cc1c(C(=O)OCC(=O)N[C@@H]2CCC[C@@H](C)[C@@H]2C)cccc1[N+](=O)[O-]. The normalized spacial score (nSPS) is 22.9. The predicted molar refractivity (Wildman–Crippen MR) is 92.2 cm³/mol. The van der Waals surface area contributed by atoms with E-state index in [0.717, 1.165) is 19.3 Å². The second-order valence-electron chi connectivity index (χ2n) is 6.72. The van der Waals surface area contributed by atoms with Crippen molar-refractivity contribution in [3.05, 3.63) is 39.4 Å². The molecular weight excluding hydrogens is 324 g/mol. The van der Waals surface area contributed by atoms with Crippen LogP contribution in [0.2, 0.25) is 0 Å². The number of amides is 1. The zero-order valence-electron chi connectivity index (χ0n) is 14.8. The molecule has 25 heavy (non-hydrogen) atoms. The minimum Gasteiger partial charge on any atom is -0.452 e. The second-order valence-corrected chi connectivity index (χ2v) is 6.72. The summed E-state index contributed by atoms with van der Waals surface area (Å²) < 4.78 is 5.04. The first-order valence-corrected chi connectivity index (χ1v) is 8.51. The van der Waals surface area contributed by atoms with Gasteiger partial charge in [0, 0.05) is 17.7 Å². The van der Waals surface area contributed by atoms with Crippen LogP contribution in [0.15, 0.2) is 18.2 Å². The lowest BCUT2D eigenvalue weighted by Gasteiger charge is -2.34. The minimum atomic E-state index is -0.735. The lowest BCUT2D eigenvalue weighted by atomic mass is 9.78. The number of carbonyl (C=O) groups excluding carboxylic acids is 2. The summed E-state index contributed by atoms with van der Waals surface area (Å²) in [6.45, 7) is 5.39. The Balaban J connectivity index is 1.93. The van der Waals surface area contributed by atoms with Crippen molar-refractivity contribution in [1.82, 2.24) is 5.32 Å². The van der Waals surface area contributed by atoms with E-state index in [1.165, 1.54) is 25.1 Å². The van der Waals surface area contributed by atoms with E-state index in [1.807, 2.05) is 0 Å². The van der Waals surface area contributed by atoms with Crippen molar-refractivity contribution in [2.45, 2.75) is 46.1 Å². The van der Waals surface area contributed by atoms with Crippen LogP contribution in [-0.4, -0.2) is 29.4 Å². The van der Waals surface area contributed by atoms with Crippen LogP contribution in [0.3, 0.4) is 0 Å². The number of hydrogen-bond acceptors (Lipinski definition) is 5. The molecule has 136 valence electrons. The third-order valence-corrected chi connectivity index (χ3v) is 5.11. The Morgan fingerprint density at radius 3 is 2.72 bits per heavy atom. The molecule has 1 fully saturated rings. The number of rotatable bonds is 5. The third kappa shape index (κ3) is 4.55. The first kappa shape index (κ1) is 18.9. The highest BCUT2D eigenvalue weighted by Crippen LogP contribution is 2.29. The number of carbonyl (C=O) groups is 2. The summed E-state index contributed by atoms with van der Waals surface area (Å²) in [7, 11) is 0. The maximum absolute atomic E-state index is 12.1. The molecule has 1 aromatic rings. The number of ether oxygens (including phenoxy) is 1. The molecule has 1 N–H and O–H groups in total. The summed E-state index contributed by atoms with van der Waals surface area (Å²) >= 11 is 0. The molecule has 0 heterocycles. The molecule has 0 unspecified atom stereocenters. The summed E-state index contributed by atoms with van der Waals surface area (Å²) in [6.07, 6.45) is 3.16. The van der Waals surface area contributed by atoms with Crippen LogP contribution in [0.5, 0.6) is 0 Å². The van der Waals surface area contributed by atoms with Gasteiger partial charge in [0.05, 0.1) is 10.5 Å². The van der Waals surface area contributed by atoms with Crippen LogP contribution >= 0.6 is 0 Å². The number of benzene rings is 1. The van der Waals surface area contributed by atoms with Crippen LogP contribution in [-0.2, 0) is 9.53 Å². The van der Waals surface area contributed by atoms with Crippen molar-refractivity contribution in [3.8, 4) is 0 Å². The topological polar surface area (TPSA) is 98.5 Å². The maximum Gasteiger partial charge on any atom is 0.339 e. The van der Waals surface area contributed by atoms with Gasteiger partial charge in [0.25, 0.3) is 11.6 Å². The van der Waals surface area contributed by atoms with Gasteiger partial charge in [-0.2, -0.15) is 0 Å². The highest BCUT2D eigenvalue weighted by Gasteiger charge is 2.28. The Kier molecular flexibility index (Phi) is 6.12. The van der Waals surface area contributed by atoms with E-state index in [-0.39, 0.29) is 28.8 Å². The number of esters is 1. The number of nitrogens with one attached hydrogen (secondary N) is 1.